The standard InChI is InChI=1S/C12H17N5/c1-3-11-5-10(7-13-4-2)6-12(16-11)17-9-14-8-15-17/h5-6,8-9,13H,3-4,7H2,1-2H3. The van der Waals surface area contributed by atoms with Gasteiger partial charge < -0.3 is 5.32 Å². The average Bonchev–Trinajstić information content (AvgIpc) is 2.89. The van der Waals surface area contributed by atoms with Gasteiger partial charge in [0.1, 0.15) is 12.7 Å². The van der Waals surface area contributed by atoms with Crippen LogP contribution in [-0.2, 0) is 13.0 Å². The number of pyridine rings is 1. The van der Waals surface area contributed by atoms with E-state index in [0.717, 1.165) is 31.0 Å². The van der Waals surface area contributed by atoms with E-state index < -0.39 is 0 Å². The molecule has 0 atom stereocenters. The van der Waals surface area contributed by atoms with E-state index in [1.165, 1.54) is 11.9 Å². The van der Waals surface area contributed by atoms with Crippen molar-refractivity contribution >= 4 is 0 Å². The van der Waals surface area contributed by atoms with Crippen molar-refractivity contribution in [1.82, 2.24) is 25.1 Å². The van der Waals surface area contributed by atoms with Crippen molar-refractivity contribution < 1.29 is 0 Å². The molecule has 2 aromatic rings. The molecule has 0 saturated heterocycles. The van der Waals surface area contributed by atoms with Gasteiger partial charge >= 0.3 is 0 Å². The molecule has 1 N–H and O–H groups in total. The van der Waals surface area contributed by atoms with Crippen molar-refractivity contribution in [3.8, 4) is 5.82 Å². The van der Waals surface area contributed by atoms with Crippen LogP contribution < -0.4 is 5.32 Å². The molecule has 0 amide bonds. The van der Waals surface area contributed by atoms with Gasteiger partial charge in [-0.15, -0.1) is 0 Å². The summed E-state index contributed by atoms with van der Waals surface area (Å²) in [5.41, 5.74) is 2.30. The lowest BCUT2D eigenvalue weighted by Gasteiger charge is -2.08. The smallest absolute Gasteiger partial charge is 0.155 e. The summed E-state index contributed by atoms with van der Waals surface area (Å²) in [6.45, 7) is 6.01. The van der Waals surface area contributed by atoms with E-state index in [2.05, 4.69) is 40.3 Å². The summed E-state index contributed by atoms with van der Waals surface area (Å²) in [6.07, 6.45) is 4.10. The highest BCUT2D eigenvalue weighted by atomic mass is 15.3. The molecule has 0 aromatic carbocycles. The number of rotatable bonds is 5. The molecule has 17 heavy (non-hydrogen) atoms. The molecule has 90 valence electrons. The maximum Gasteiger partial charge on any atom is 0.155 e. The first-order chi connectivity index (χ1) is 8.33. The Kier molecular flexibility index (Phi) is 3.82. The first kappa shape index (κ1) is 11.7. The van der Waals surface area contributed by atoms with Crippen molar-refractivity contribution in [2.45, 2.75) is 26.8 Å². The lowest BCUT2D eigenvalue weighted by Crippen LogP contribution is -2.13. The molecule has 0 bridgehead atoms. The Morgan fingerprint density at radius 3 is 2.82 bits per heavy atom. The number of aryl methyl sites for hydroxylation is 1. The zero-order valence-electron chi connectivity index (χ0n) is 10.2. The summed E-state index contributed by atoms with van der Waals surface area (Å²) in [6, 6.07) is 4.17. The van der Waals surface area contributed by atoms with E-state index in [9.17, 15) is 0 Å². The number of hydrogen-bond donors (Lipinski definition) is 1. The number of aromatic nitrogens is 4. The van der Waals surface area contributed by atoms with Crippen LogP contribution in [0.2, 0.25) is 0 Å². The predicted molar refractivity (Wildman–Crippen MR) is 65.9 cm³/mol. The Morgan fingerprint density at radius 2 is 2.18 bits per heavy atom. The van der Waals surface area contributed by atoms with E-state index in [-0.39, 0.29) is 0 Å². The third-order valence-electron chi connectivity index (χ3n) is 2.52. The van der Waals surface area contributed by atoms with Crippen LogP contribution in [-0.4, -0.2) is 26.3 Å². The SMILES string of the molecule is CCNCc1cc(CC)nc(-n2cncn2)c1. The molecule has 0 aliphatic heterocycles. The molecule has 0 saturated carbocycles. The topological polar surface area (TPSA) is 55.6 Å². The van der Waals surface area contributed by atoms with Crippen LogP contribution in [0.4, 0.5) is 0 Å². The minimum Gasteiger partial charge on any atom is -0.313 e. The third-order valence-corrected chi connectivity index (χ3v) is 2.52. The van der Waals surface area contributed by atoms with Crippen LogP contribution in [0.5, 0.6) is 0 Å². The Morgan fingerprint density at radius 1 is 1.29 bits per heavy atom. The van der Waals surface area contributed by atoms with Crippen molar-refractivity contribution in [2.75, 3.05) is 6.54 Å². The fraction of sp³-hybridized carbons (Fsp3) is 0.417. The fourth-order valence-corrected chi connectivity index (χ4v) is 1.63. The molecule has 0 fully saturated rings. The Balaban J connectivity index is 2.32. The van der Waals surface area contributed by atoms with Gasteiger partial charge in [-0.2, -0.15) is 5.10 Å². The minimum atomic E-state index is 0.828. The second-order valence-corrected chi connectivity index (χ2v) is 3.80. The number of nitrogens with one attached hydrogen (secondary N) is 1. The summed E-state index contributed by atoms with van der Waals surface area (Å²) in [5.74, 6) is 0.828. The van der Waals surface area contributed by atoms with Crippen LogP contribution >= 0.6 is 0 Å². The highest BCUT2D eigenvalue weighted by Gasteiger charge is 2.04. The maximum atomic E-state index is 4.54. The molecule has 0 aliphatic carbocycles. The fourth-order valence-electron chi connectivity index (χ4n) is 1.63. The monoisotopic (exact) mass is 231 g/mol. The lowest BCUT2D eigenvalue weighted by molar-refractivity contribution is 0.720. The highest BCUT2D eigenvalue weighted by Crippen LogP contribution is 2.10. The predicted octanol–water partition coefficient (Wildman–Crippen LogP) is 1.33. The molecule has 0 aliphatic rings. The first-order valence-corrected chi connectivity index (χ1v) is 5.89. The maximum absolute atomic E-state index is 4.54. The zero-order chi connectivity index (χ0) is 12.1. The molecule has 2 aromatic heterocycles. The molecular weight excluding hydrogens is 214 g/mol. The van der Waals surface area contributed by atoms with Gasteiger partial charge in [0, 0.05) is 12.2 Å². The van der Waals surface area contributed by atoms with Crippen LogP contribution in [0.3, 0.4) is 0 Å². The largest absolute Gasteiger partial charge is 0.313 e. The molecule has 0 unspecified atom stereocenters. The van der Waals surface area contributed by atoms with Gasteiger partial charge in [-0.3, -0.25) is 0 Å². The summed E-state index contributed by atoms with van der Waals surface area (Å²) in [7, 11) is 0. The van der Waals surface area contributed by atoms with Crippen LogP contribution in [0, 0.1) is 0 Å². The second kappa shape index (κ2) is 5.54. The minimum absolute atomic E-state index is 0.828. The van der Waals surface area contributed by atoms with E-state index in [0.29, 0.717) is 0 Å². The van der Waals surface area contributed by atoms with Crippen LogP contribution in [0.1, 0.15) is 25.1 Å². The van der Waals surface area contributed by atoms with Crippen molar-refractivity contribution in [2.24, 2.45) is 0 Å². The van der Waals surface area contributed by atoms with Crippen LogP contribution in [0.25, 0.3) is 5.82 Å². The van der Waals surface area contributed by atoms with Gasteiger partial charge in [-0.25, -0.2) is 14.6 Å². The van der Waals surface area contributed by atoms with Gasteiger partial charge in [0.25, 0.3) is 0 Å². The molecule has 0 spiro atoms. The first-order valence-electron chi connectivity index (χ1n) is 5.89. The van der Waals surface area contributed by atoms with E-state index in [4.69, 9.17) is 0 Å². The molecule has 2 heterocycles. The Hall–Kier alpha value is -1.75. The van der Waals surface area contributed by atoms with Crippen LogP contribution in [0.15, 0.2) is 24.8 Å². The normalized spacial score (nSPS) is 10.7. The van der Waals surface area contributed by atoms with Gasteiger partial charge in [-0.1, -0.05) is 13.8 Å². The van der Waals surface area contributed by atoms with E-state index in [1.54, 1.807) is 11.0 Å². The summed E-state index contributed by atoms with van der Waals surface area (Å²) in [4.78, 5) is 8.48. The summed E-state index contributed by atoms with van der Waals surface area (Å²) >= 11 is 0. The van der Waals surface area contributed by atoms with E-state index >= 15 is 0 Å². The Bertz CT molecular complexity index is 464. The lowest BCUT2D eigenvalue weighted by atomic mass is 10.2. The van der Waals surface area contributed by atoms with Gasteiger partial charge in [0.05, 0.1) is 0 Å². The molecule has 5 nitrogen and oxygen atoms in total. The number of nitrogens with zero attached hydrogens (tertiary/aromatic N) is 4. The molecule has 5 heteroatoms. The average molecular weight is 231 g/mol. The van der Waals surface area contributed by atoms with Crippen molar-refractivity contribution in [1.29, 1.82) is 0 Å². The van der Waals surface area contributed by atoms with E-state index in [1.807, 2.05) is 6.07 Å². The number of hydrogen-bond acceptors (Lipinski definition) is 4. The second-order valence-electron chi connectivity index (χ2n) is 3.80. The molecular formula is C12H17N5. The third kappa shape index (κ3) is 2.88. The van der Waals surface area contributed by atoms with Crippen molar-refractivity contribution in [3.63, 3.8) is 0 Å². The van der Waals surface area contributed by atoms with Gasteiger partial charge in [0.15, 0.2) is 5.82 Å². The van der Waals surface area contributed by atoms with Gasteiger partial charge in [0.2, 0.25) is 0 Å². The Labute approximate surface area is 101 Å². The zero-order valence-corrected chi connectivity index (χ0v) is 10.2. The molecule has 2 rings (SSSR count). The summed E-state index contributed by atoms with van der Waals surface area (Å²) in [5, 5.41) is 7.42. The quantitative estimate of drug-likeness (QED) is 0.843. The van der Waals surface area contributed by atoms with Crippen molar-refractivity contribution in [3.05, 3.63) is 36.0 Å². The van der Waals surface area contributed by atoms with Gasteiger partial charge in [-0.05, 0) is 30.7 Å². The summed E-state index contributed by atoms with van der Waals surface area (Å²) < 4.78 is 1.69. The molecule has 0 radical (unpaired) electrons. The highest BCUT2D eigenvalue weighted by molar-refractivity contribution is 5.30.